The van der Waals surface area contributed by atoms with Gasteiger partial charge in [-0.2, -0.15) is 0 Å². The van der Waals surface area contributed by atoms with E-state index in [4.69, 9.17) is 41.5 Å². The number of aryl methyl sites for hydroxylation is 4. The van der Waals surface area contributed by atoms with E-state index in [1.54, 1.807) is 57.2 Å². The monoisotopic (exact) mass is 1630 g/mol. The molecule has 0 amide bonds. The second-order valence-electron chi connectivity index (χ2n) is 25.5. The highest BCUT2D eigenvalue weighted by Crippen LogP contribution is 2.44. The van der Waals surface area contributed by atoms with Gasteiger partial charge < -0.3 is 133 Å². The molecule has 596 valence electrons. The summed E-state index contributed by atoms with van der Waals surface area (Å²) in [7, 11) is -9.61. The van der Waals surface area contributed by atoms with Crippen LogP contribution in [-0.2, 0) is 9.13 Å². The number of phenolic OH excluding ortho intramolecular Hbond substituents is 13. The minimum atomic E-state index is -5.07. The number of phosphoric acid groups is 1. The van der Waals surface area contributed by atoms with Gasteiger partial charge in [-0.1, -0.05) is 48.5 Å². The average Bonchev–Trinajstić information content (AvgIpc) is 0.781. The van der Waals surface area contributed by atoms with Crippen molar-refractivity contribution in [2.24, 2.45) is 0 Å². The third-order valence-corrected chi connectivity index (χ3v) is 18.0. The summed E-state index contributed by atoms with van der Waals surface area (Å²) in [5.41, 5.74) is 0.159. The summed E-state index contributed by atoms with van der Waals surface area (Å²) in [4.78, 5) is 99.3. The molecule has 0 saturated heterocycles. The first-order valence-corrected chi connectivity index (χ1v) is 36.5. The lowest BCUT2D eigenvalue weighted by atomic mass is 10.1. The van der Waals surface area contributed by atoms with Gasteiger partial charge in [0.25, 0.3) is 0 Å². The molecule has 0 bridgehead atoms. The van der Waals surface area contributed by atoms with Crippen LogP contribution in [0.2, 0.25) is 0 Å². The zero-order valence-electron chi connectivity index (χ0n) is 59.9. The Morgan fingerprint density at radius 3 is 1.14 bits per heavy atom. The molecule has 15 rings (SSSR count). The number of ether oxygens (including phenoxy) is 1. The molecule has 1 atom stereocenters. The molecular weight excluding hydrogens is 1570 g/mol. The number of rotatable bonds is 10. The third kappa shape index (κ3) is 17.8. The van der Waals surface area contributed by atoms with Crippen LogP contribution in [0, 0.1) is 27.7 Å². The van der Waals surface area contributed by atoms with Gasteiger partial charge in [0.05, 0.1) is 10.8 Å². The average molecular weight is 1630 g/mol. The van der Waals surface area contributed by atoms with Crippen molar-refractivity contribution in [1.82, 2.24) is 0 Å². The molecule has 36 heteroatoms. The van der Waals surface area contributed by atoms with Gasteiger partial charge >= 0.3 is 15.4 Å². The van der Waals surface area contributed by atoms with Crippen LogP contribution >= 0.6 is 15.4 Å². The van der Waals surface area contributed by atoms with Gasteiger partial charge in [-0.05, 0) is 117 Å². The summed E-state index contributed by atoms with van der Waals surface area (Å²) in [6, 6.07) is 37.1. The van der Waals surface area contributed by atoms with E-state index in [0.717, 1.165) is 48.5 Å². The molecule has 5 heterocycles. The summed E-state index contributed by atoms with van der Waals surface area (Å²) >= 11 is 0. The number of hydrogen-bond acceptors (Lipinski definition) is 31. The smallest absolute Gasteiger partial charge is 0.362 e. The van der Waals surface area contributed by atoms with Crippen molar-refractivity contribution in [2.75, 3.05) is 6.35 Å². The molecule has 19 N–H and O–H groups in total. The van der Waals surface area contributed by atoms with Crippen LogP contribution in [0.25, 0.3) is 111 Å². The zero-order chi connectivity index (χ0) is 84.6. The van der Waals surface area contributed by atoms with Crippen LogP contribution in [0.1, 0.15) is 22.3 Å². The highest BCUT2D eigenvalue weighted by atomic mass is 31.2. The summed E-state index contributed by atoms with van der Waals surface area (Å²) in [6.45, 7) is 6.68. The summed E-state index contributed by atoms with van der Waals surface area (Å²) in [5.74, 6) is -6.53. The lowest BCUT2D eigenvalue weighted by Gasteiger charge is -2.18. The first kappa shape index (κ1) is 81.9. The second-order valence-corrected chi connectivity index (χ2v) is 28.2. The van der Waals surface area contributed by atoms with Crippen LogP contribution in [0.4, 0.5) is 0 Å². The highest BCUT2D eigenvalue weighted by molar-refractivity contribution is 7.51. The van der Waals surface area contributed by atoms with Crippen molar-refractivity contribution >= 4 is 70.3 Å². The van der Waals surface area contributed by atoms with Gasteiger partial charge in [0.2, 0.25) is 44.7 Å². The molecule has 34 nitrogen and oxygen atoms in total. The van der Waals surface area contributed by atoms with E-state index in [-0.39, 0.29) is 164 Å². The number of fused-ring (bicyclic) bond motifs is 5. The number of benzene rings is 10. The molecule has 15 aromatic rings. The van der Waals surface area contributed by atoms with E-state index in [0.29, 0.717) is 33.4 Å². The molecule has 10 aromatic carbocycles. The Morgan fingerprint density at radius 2 is 0.690 bits per heavy atom. The Balaban J connectivity index is 0.000000143. The summed E-state index contributed by atoms with van der Waals surface area (Å²) < 4.78 is 59.1. The van der Waals surface area contributed by atoms with Crippen molar-refractivity contribution in [3.8, 4) is 160 Å². The fourth-order valence-corrected chi connectivity index (χ4v) is 12.0. The molecular formula is C80H61O34P2-. The minimum Gasteiger partial charge on any atom is -0.746 e. The normalized spacial score (nSPS) is 11.7. The van der Waals surface area contributed by atoms with Crippen LogP contribution < -0.4 is 41.3 Å². The maximum Gasteiger partial charge on any atom is 0.362 e. The highest BCUT2D eigenvalue weighted by Gasteiger charge is 2.26. The second kappa shape index (κ2) is 32.3. The zero-order valence-corrected chi connectivity index (χ0v) is 61.7. The van der Waals surface area contributed by atoms with Crippen LogP contribution in [-0.4, -0.2) is 103 Å². The standard InChI is InChI=1S/C17H15O8P.C16H13O9P.2C16H12O5.C15H10O7/c1-9-2-3-10(6-13(9)19)16-17(24-8-26(21,22)23)15(20)12-5-4-11(18)7-14(12)25-16;1-7-2-3-8(4-11(7)25-26(21,22)23)16-15(20)14(19)13-10(18)5-9(17)6-12(13)24-16;1-8-2-3-9(4-11(8)18)14-7-13(20)16-12(19)5-10(17)6-15(16)21-14;1-8-2-3-9(6-12(8)18)16-15(20)14(19)11-5-4-10(17)7-13(11)21-16;16-7-4-10(19)12-11(5-7)22-15(14(21)13(12)20)6-1-2-8(17)9(18)3-6/h2-7,18-19H,8H2,1H3,(H2,21,22,23);2-6,17-18,20H,1H3,(H2,21,22,23);2-7,17-19H,1H3;2-7,17-18,20H,1H3;1-5,16-19,21H/p-1. The first-order chi connectivity index (χ1) is 54.5. The topological polar surface area (TPSA) is 611 Å². The van der Waals surface area contributed by atoms with Crippen molar-refractivity contribution in [2.45, 2.75) is 27.7 Å². The number of phosphoric ester groups is 1. The molecule has 0 aliphatic carbocycles. The van der Waals surface area contributed by atoms with Crippen LogP contribution in [0.5, 0.6) is 103 Å². The molecule has 0 aliphatic rings. The number of aromatic hydroxyl groups is 16. The van der Waals surface area contributed by atoms with Crippen molar-refractivity contribution < 1.29 is 142 Å². The Kier molecular flexibility index (Phi) is 22.8. The largest absolute Gasteiger partial charge is 0.746 e. The summed E-state index contributed by atoms with van der Waals surface area (Å²) in [5, 5.41) is 155. The van der Waals surface area contributed by atoms with Gasteiger partial charge in [0.15, 0.2) is 46.3 Å². The van der Waals surface area contributed by atoms with E-state index in [1.807, 2.05) is 0 Å². The Labute approximate surface area is 646 Å². The van der Waals surface area contributed by atoms with Gasteiger partial charge in [-0.15, -0.1) is 0 Å². The quantitative estimate of drug-likeness (QED) is 0.0447. The van der Waals surface area contributed by atoms with Gasteiger partial charge in [0, 0.05) is 82.4 Å². The van der Waals surface area contributed by atoms with Crippen molar-refractivity contribution in [3.63, 3.8) is 0 Å². The third-order valence-electron chi connectivity index (χ3n) is 17.1. The molecule has 0 aliphatic heterocycles. The number of phenols is 13. The summed E-state index contributed by atoms with van der Waals surface area (Å²) in [6.07, 6.45) is -1.01. The molecule has 1 unspecified atom stereocenters. The predicted molar refractivity (Wildman–Crippen MR) is 413 cm³/mol. The lowest BCUT2D eigenvalue weighted by Crippen LogP contribution is -2.11. The van der Waals surface area contributed by atoms with Crippen molar-refractivity contribution in [3.05, 3.63) is 243 Å². The van der Waals surface area contributed by atoms with E-state index in [9.17, 15) is 120 Å². The van der Waals surface area contributed by atoms with Crippen LogP contribution in [0.3, 0.4) is 0 Å². The number of hydrogen-bond donors (Lipinski definition) is 19. The van der Waals surface area contributed by atoms with Gasteiger partial charge in [-0.25, -0.2) is 0 Å². The minimum absolute atomic E-state index is 0.00730. The fraction of sp³-hybridized carbons (Fsp3) is 0.0625. The fourth-order valence-electron chi connectivity index (χ4n) is 11.2. The van der Waals surface area contributed by atoms with E-state index in [2.05, 4.69) is 4.52 Å². The Hall–Kier alpha value is -15.1. The molecule has 0 saturated carbocycles. The van der Waals surface area contributed by atoms with E-state index < -0.39 is 89.2 Å². The predicted octanol–water partition coefficient (Wildman–Crippen LogP) is 12.2. The Morgan fingerprint density at radius 1 is 0.328 bits per heavy atom. The van der Waals surface area contributed by atoms with Gasteiger partial charge in [0.1, 0.15) is 119 Å². The molecule has 0 radical (unpaired) electrons. The molecule has 0 spiro atoms. The molecule has 0 fully saturated rings. The molecule has 116 heavy (non-hydrogen) atoms. The van der Waals surface area contributed by atoms with Gasteiger partial charge in [-0.3, -0.25) is 33.1 Å². The first-order valence-electron chi connectivity index (χ1n) is 33.2. The van der Waals surface area contributed by atoms with E-state index >= 15 is 0 Å². The maximum atomic E-state index is 12.7. The van der Waals surface area contributed by atoms with Crippen molar-refractivity contribution in [1.29, 1.82) is 0 Å². The lowest BCUT2D eigenvalue weighted by molar-refractivity contribution is -0.211. The SMILES string of the molecule is Cc1ccc(-c2cc(=O)c3c(O)cc(O)cc3o2)cc1O.Cc1ccc(-c2oc3cc(O)cc(O)c3c(=O)c2O)cc1OP(=O)([O-])O.Cc1ccc(-c2oc3cc(O)ccc3c(=O)c2O)cc1O.Cc1ccc(-c2oc3cc(O)ccc3c(=O)c2OCP(=O)(O)O)cc1O.O=c1c(O)c(-c2ccc(O)c(O)c2)oc2cc(O)cc(O)c12. The Bertz CT molecular complexity index is 6900. The van der Waals surface area contributed by atoms with Crippen LogP contribution in [0.15, 0.2) is 216 Å². The van der Waals surface area contributed by atoms with E-state index in [1.165, 1.54) is 91.9 Å². The maximum absolute atomic E-state index is 12.7. The molecule has 5 aromatic heterocycles.